The molecule has 10 nitrogen and oxygen atoms in total. The third-order valence-electron chi connectivity index (χ3n) is 2.94. The highest BCUT2D eigenvalue weighted by Crippen LogP contribution is 2.11. The van der Waals surface area contributed by atoms with Gasteiger partial charge in [-0.2, -0.15) is 0 Å². The van der Waals surface area contributed by atoms with Gasteiger partial charge in [-0.3, -0.25) is 19.3 Å². The lowest BCUT2D eigenvalue weighted by Gasteiger charge is -2.28. The Morgan fingerprint density at radius 2 is 1.95 bits per heavy atom. The van der Waals surface area contributed by atoms with Crippen LogP contribution >= 0.6 is 0 Å². The summed E-state index contributed by atoms with van der Waals surface area (Å²) in [6.45, 7) is 0. The largest absolute Gasteiger partial charge is 0.481 e. The van der Waals surface area contributed by atoms with Crippen molar-refractivity contribution in [3.63, 3.8) is 0 Å². The van der Waals surface area contributed by atoms with Crippen LogP contribution in [0.5, 0.6) is 0 Å². The molecule has 0 saturated carbocycles. The van der Waals surface area contributed by atoms with Crippen LogP contribution in [0.3, 0.4) is 0 Å². The number of carbonyl (C=O) groups excluding carboxylic acids is 3. The van der Waals surface area contributed by atoms with E-state index in [9.17, 15) is 24.0 Å². The molecular formula is C11H15N3O7. The Kier molecular flexibility index (Phi) is 5.22. The first kappa shape index (κ1) is 16.4. The van der Waals surface area contributed by atoms with Gasteiger partial charge in [-0.15, -0.1) is 0 Å². The van der Waals surface area contributed by atoms with Crippen LogP contribution in [-0.2, 0) is 19.2 Å². The molecule has 1 aliphatic heterocycles. The lowest BCUT2D eigenvalue weighted by molar-refractivity contribution is -0.148. The summed E-state index contributed by atoms with van der Waals surface area (Å²) in [5, 5.41) is 21.5. The second-order valence-electron chi connectivity index (χ2n) is 4.49. The van der Waals surface area contributed by atoms with Crippen molar-refractivity contribution in [2.24, 2.45) is 0 Å². The molecule has 0 aromatic heterocycles. The third-order valence-corrected chi connectivity index (χ3v) is 2.94. The number of amides is 4. The minimum Gasteiger partial charge on any atom is -0.481 e. The van der Waals surface area contributed by atoms with E-state index < -0.39 is 42.4 Å². The third kappa shape index (κ3) is 4.44. The molecule has 0 radical (unpaired) electrons. The minimum absolute atomic E-state index is 0.0741. The van der Waals surface area contributed by atoms with E-state index >= 15 is 0 Å². The average Bonchev–Trinajstić information content (AvgIpc) is 2.38. The first-order valence-corrected chi connectivity index (χ1v) is 6.04. The Balaban J connectivity index is 2.60. The number of likely N-dealkylation sites (tertiary alicyclic amines) is 1. The molecule has 10 heteroatoms. The Morgan fingerprint density at radius 3 is 2.48 bits per heavy atom. The molecule has 1 heterocycles. The number of likely N-dealkylation sites (N-methyl/N-ethyl adjacent to an activating group) is 1. The number of nitrogens with zero attached hydrogens (tertiary/aromatic N) is 1. The van der Waals surface area contributed by atoms with Gasteiger partial charge >= 0.3 is 18.0 Å². The molecule has 21 heavy (non-hydrogen) atoms. The van der Waals surface area contributed by atoms with Crippen molar-refractivity contribution < 1.29 is 34.2 Å². The quantitative estimate of drug-likeness (QED) is 0.444. The number of rotatable bonds is 5. The molecular weight excluding hydrogens is 286 g/mol. The van der Waals surface area contributed by atoms with Crippen molar-refractivity contribution in [1.82, 2.24) is 15.5 Å². The van der Waals surface area contributed by atoms with E-state index in [2.05, 4.69) is 5.32 Å². The summed E-state index contributed by atoms with van der Waals surface area (Å²) < 4.78 is 0. The molecule has 1 rings (SSSR count). The summed E-state index contributed by atoms with van der Waals surface area (Å²) in [5.41, 5.74) is 0. The van der Waals surface area contributed by atoms with Gasteiger partial charge in [0.05, 0.1) is 6.42 Å². The Morgan fingerprint density at radius 1 is 1.33 bits per heavy atom. The molecule has 1 fully saturated rings. The maximum Gasteiger partial charge on any atom is 0.326 e. The van der Waals surface area contributed by atoms with E-state index in [4.69, 9.17) is 10.2 Å². The first-order valence-electron chi connectivity index (χ1n) is 6.04. The number of carboxylic acids is 2. The van der Waals surface area contributed by atoms with Crippen LogP contribution in [0.4, 0.5) is 4.79 Å². The number of nitrogens with one attached hydrogen (secondary N) is 2. The molecule has 1 unspecified atom stereocenters. The molecule has 4 N–H and O–H groups in total. The molecule has 0 spiro atoms. The maximum atomic E-state index is 11.7. The zero-order valence-corrected chi connectivity index (χ0v) is 11.2. The lowest BCUT2D eigenvalue weighted by Crippen LogP contribution is -2.56. The number of urea groups is 1. The highest BCUT2D eigenvalue weighted by molar-refractivity contribution is 6.01. The lowest BCUT2D eigenvalue weighted by atomic mass is 10.1. The fourth-order valence-electron chi connectivity index (χ4n) is 1.78. The average molecular weight is 301 g/mol. The summed E-state index contributed by atoms with van der Waals surface area (Å²) in [7, 11) is 1.28. The summed E-state index contributed by atoms with van der Waals surface area (Å²) in [4.78, 5) is 56.7. The monoisotopic (exact) mass is 301 g/mol. The molecule has 1 aliphatic rings. The fraction of sp³-hybridized carbons (Fsp3) is 0.545. The van der Waals surface area contributed by atoms with Crippen LogP contribution < -0.4 is 10.6 Å². The molecule has 0 aliphatic carbocycles. The van der Waals surface area contributed by atoms with Crippen LogP contribution in [0.25, 0.3) is 0 Å². The van der Waals surface area contributed by atoms with Crippen molar-refractivity contribution in [2.45, 2.75) is 31.3 Å². The number of aliphatic carboxylic acids is 2. The van der Waals surface area contributed by atoms with Crippen molar-refractivity contribution in [1.29, 1.82) is 0 Å². The van der Waals surface area contributed by atoms with Gasteiger partial charge in [0.15, 0.2) is 0 Å². The van der Waals surface area contributed by atoms with Crippen molar-refractivity contribution in [3.05, 3.63) is 0 Å². The molecule has 0 aromatic rings. The summed E-state index contributed by atoms with van der Waals surface area (Å²) in [6, 6.07) is -3.54. The molecule has 2 atom stereocenters. The highest BCUT2D eigenvalue weighted by Gasteiger charge is 2.33. The topological polar surface area (TPSA) is 153 Å². The summed E-state index contributed by atoms with van der Waals surface area (Å²) >= 11 is 0. The van der Waals surface area contributed by atoms with Gasteiger partial charge in [0, 0.05) is 13.5 Å². The fourth-order valence-corrected chi connectivity index (χ4v) is 1.78. The van der Waals surface area contributed by atoms with E-state index in [-0.39, 0.29) is 18.7 Å². The Bertz CT molecular complexity index is 490. The Hall–Kier alpha value is -2.65. The number of imide groups is 1. The van der Waals surface area contributed by atoms with E-state index in [1.807, 2.05) is 5.32 Å². The standard InChI is InChI=1S/C11H15N3O7/c1-14-7(15)3-2-5(9(14)18)12-11(21)13-6(10(19)20)4-8(16)17/h5-6H,2-4H2,1H3,(H,16,17)(H,19,20)(H2,12,13,21)/t5?,6-/m1/s1. The van der Waals surface area contributed by atoms with E-state index in [0.717, 1.165) is 4.90 Å². The predicted molar refractivity (Wildman–Crippen MR) is 66.1 cm³/mol. The molecule has 4 amide bonds. The highest BCUT2D eigenvalue weighted by atomic mass is 16.4. The van der Waals surface area contributed by atoms with Gasteiger partial charge in [0.2, 0.25) is 5.91 Å². The Labute approximate surface area is 119 Å². The van der Waals surface area contributed by atoms with Gasteiger partial charge in [0.1, 0.15) is 12.1 Å². The van der Waals surface area contributed by atoms with Crippen molar-refractivity contribution >= 4 is 29.8 Å². The second-order valence-corrected chi connectivity index (χ2v) is 4.49. The SMILES string of the molecule is CN1C(=O)CCC(NC(=O)N[C@H](CC(=O)O)C(=O)O)C1=O. The van der Waals surface area contributed by atoms with Gasteiger partial charge in [-0.1, -0.05) is 0 Å². The summed E-state index contributed by atoms with van der Waals surface area (Å²) in [6.07, 6.45) is -0.615. The minimum atomic E-state index is -1.61. The van der Waals surface area contributed by atoms with Gasteiger partial charge in [0.25, 0.3) is 5.91 Å². The predicted octanol–water partition coefficient (Wildman–Crippen LogP) is -1.64. The zero-order valence-electron chi connectivity index (χ0n) is 11.2. The van der Waals surface area contributed by atoms with Gasteiger partial charge in [-0.05, 0) is 6.42 Å². The van der Waals surface area contributed by atoms with Gasteiger partial charge < -0.3 is 20.8 Å². The number of carbonyl (C=O) groups is 5. The van der Waals surface area contributed by atoms with Crippen LogP contribution in [0, 0.1) is 0 Å². The molecule has 116 valence electrons. The van der Waals surface area contributed by atoms with Crippen LogP contribution in [0.2, 0.25) is 0 Å². The van der Waals surface area contributed by atoms with Crippen molar-refractivity contribution in [2.75, 3.05) is 7.05 Å². The number of carboxylic acid groups (broad SMARTS) is 2. The van der Waals surface area contributed by atoms with E-state index in [1.165, 1.54) is 7.05 Å². The molecule has 0 bridgehead atoms. The zero-order chi connectivity index (χ0) is 16.2. The first-order chi connectivity index (χ1) is 9.72. The van der Waals surface area contributed by atoms with Crippen LogP contribution in [0.15, 0.2) is 0 Å². The summed E-state index contributed by atoms with van der Waals surface area (Å²) in [5.74, 6) is -3.86. The van der Waals surface area contributed by atoms with Gasteiger partial charge in [-0.25, -0.2) is 9.59 Å². The number of hydrogen-bond donors (Lipinski definition) is 4. The van der Waals surface area contributed by atoms with Crippen LogP contribution in [0.1, 0.15) is 19.3 Å². The van der Waals surface area contributed by atoms with E-state index in [1.54, 1.807) is 0 Å². The maximum absolute atomic E-state index is 11.7. The normalized spacial score (nSPS) is 19.9. The van der Waals surface area contributed by atoms with Crippen LogP contribution in [-0.4, -0.2) is 64.0 Å². The smallest absolute Gasteiger partial charge is 0.326 e. The number of hydrogen-bond acceptors (Lipinski definition) is 5. The van der Waals surface area contributed by atoms with Crippen molar-refractivity contribution in [3.8, 4) is 0 Å². The van der Waals surface area contributed by atoms with E-state index in [0.29, 0.717) is 0 Å². The molecule has 1 saturated heterocycles. The number of piperidine rings is 1. The molecule has 0 aromatic carbocycles. The second kappa shape index (κ2) is 6.68.